The molecular weight excluding hydrogens is 314 g/mol. The van der Waals surface area contributed by atoms with E-state index in [0.717, 1.165) is 22.4 Å². The molecule has 0 unspecified atom stereocenters. The van der Waals surface area contributed by atoms with Crippen molar-refractivity contribution in [3.05, 3.63) is 57.5 Å². The average Bonchev–Trinajstić information content (AvgIpc) is 2.33. The minimum Gasteiger partial charge on any atom is -0.457 e. The molecule has 0 saturated heterocycles. The number of ether oxygens (including phenoxy) is 1. The molecule has 94 valence electrons. The SMILES string of the molecule is NCCc1ccc(Oc2cccc(Cl)c2)cc1Br. The van der Waals surface area contributed by atoms with Gasteiger partial charge >= 0.3 is 0 Å². The Bertz CT molecular complexity index is 545. The Hall–Kier alpha value is -1.03. The van der Waals surface area contributed by atoms with Crippen molar-refractivity contribution in [1.29, 1.82) is 0 Å². The van der Waals surface area contributed by atoms with Crippen molar-refractivity contribution in [1.82, 2.24) is 0 Å². The summed E-state index contributed by atoms with van der Waals surface area (Å²) in [5.74, 6) is 1.49. The molecule has 0 radical (unpaired) electrons. The molecule has 0 bridgehead atoms. The summed E-state index contributed by atoms with van der Waals surface area (Å²) in [6, 6.07) is 13.2. The van der Waals surface area contributed by atoms with Crippen LogP contribution in [0.2, 0.25) is 5.02 Å². The second-order valence-corrected chi connectivity index (χ2v) is 5.14. The fourth-order valence-electron chi connectivity index (χ4n) is 1.62. The Morgan fingerprint density at radius 3 is 2.56 bits per heavy atom. The molecule has 2 rings (SSSR count). The fraction of sp³-hybridized carbons (Fsp3) is 0.143. The Morgan fingerprint density at radius 2 is 1.89 bits per heavy atom. The number of halogens is 2. The van der Waals surface area contributed by atoms with Crippen LogP contribution in [0.25, 0.3) is 0 Å². The topological polar surface area (TPSA) is 35.2 Å². The lowest BCUT2D eigenvalue weighted by Gasteiger charge is -2.08. The molecule has 0 saturated carbocycles. The molecule has 0 aromatic heterocycles. The maximum absolute atomic E-state index is 5.91. The van der Waals surface area contributed by atoms with E-state index in [0.29, 0.717) is 11.6 Å². The fourth-order valence-corrected chi connectivity index (χ4v) is 2.35. The predicted molar refractivity (Wildman–Crippen MR) is 78.4 cm³/mol. The third-order valence-corrected chi connectivity index (χ3v) is 3.44. The first-order valence-electron chi connectivity index (χ1n) is 5.61. The van der Waals surface area contributed by atoms with Crippen molar-refractivity contribution < 1.29 is 4.74 Å². The number of hydrogen-bond acceptors (Lipinski definition) is 2. The van der Waals surface area contributed by atoms with E-state index in [1.54, 1.807) is 6.07 Å². The first-order valence-corrected chi connectivity index (χ1v) is 6.78. The van der Waals surface area contributed by atoms with Crippen LogP contribution in [0, 0.1) is 0 Å². The van der Waals surface area contributed by atoms with Gasteiger partial charge in [0.25, 0.3) is 0 Å². The minimum absolute atomic E-state index is 0.632. The number of nitrogens with two attached hydrogens (primary N) is 1. The molecule has 2 nitrogen and oxygen atoms in total. The average molecular weight is 327 g/mol. The maximum atomic E-state index is 5.91. The Labute approximate surface area is 120 Å². The summed E-state index contributed by atoms with van der Waals surface area (Å²) in [6.07, 6.45) is 0.845. The normalized spacial score (nSPS) is 10.4. The van der Waals surface area contributed by atoms with Gasteiger partial charge in [-0.3, -0.25) is 0 Å². The van der Waals surface area contributed by atoms with Crippen molar-refractivity contribution in [3.63, 3.8) is 0 Å². The minimum atomic E-state index is 0.632. The van der Waals surface area contributed by atoms with E-state index in [1.165, 1.54) is 5.56 Å². The molecule has 0 aliphatic rings. The molecule has 18 heavy (non-hydrogen) atoms. The van der Waals surface area contributed by atoms with E-state index in [4.69, 9.17) is 22.1 Å². The molecule has 0 aliphatic carbocycles. The van der Waals surface area contributed by atoms with E-state index < -0.39 is 0 Å². The monoisotopic (exact) mass is 325 g/mol. The van der Waals surface area contributed by atoms with E-state index in [1.807, 2.05) is 36.4 Å². The molecule has 0 fully saturated rings. The van der Waals surface area contributed by atoms with Gasteiger partial charge in [-0.2, -0.15) is 0 Å². The summed E-state index contributed by atoms with van der Waals surface area (Å²) < 4.78 is 6.73. The molecule has 0 spiro atoms. The van der Waals surface area contributed by atoms with Gasteiger partial charge in [0, 0.05) is 9.50 Å². The van der Waals surface area contributed by atoms with Crippen LogP contribution in [0.5, 0.6) is 11.5 Å². The first kappa shape index (κ1) is 13.4. The molecular formula is C14H13BrClNO. The van der Waals surface area contributed by atoms with E-state index >= 15 is 0 Å². The number of hydrogen-bond donors (Lipinski definition) is 1. The second-order valence-electron chi connectivity index (χ2n) is 3.85. The van der Waals surface area contributed by atoms with Gasteiger partial charge in [-0.15, -0.1) is 0 Å². The van der Waals surface area contributed by atoms with Gasteiger partial charge in [0.15, 0.2) is 0 Å². The van der Waals surface area contributed by atoms with Crippen molar-refractivity contribution in [3.8, 4) is 11.5 Å². The van der Waals surface area contributed by atoms with Crippen molar-refractivity contribution >= 4 is 27.5 Å². The van der Waals surface area contributed by atoms with Crippen molar-refractivity contribution in [2.75, 3.05) is 6.54 Å². The zero-order valence-corrected chi connectivity index (χ0v) is 12.0. The van der Waals surface area contributed by atoms with Crippen LogP contribution in [-0.4, -0.2) is 6.54 Å². The summed E-state index contributed by atoms with van der Waals surface area (Å²) >= 11 is 9.42. The lowest BCUT2D eigenvalue weighted by molar-refractivity contribution is 0.482. The Morgan fingerprint density at radius 1 is 1.11 bits per heavy atom. The molecule has 4 heteroatoms. The lowest BCUT2D eigenvalue weighted by Crippen LogP contribution is -2.03. The van der Waals surface area contributed by atoms with Crippen LogP contribution >= 0.6 is 27.5 Å². The van der Waals surface area contributed by atoms with Crippen LogP contribution < -0.4 is 10.5 Å². The van der Waals surface area contributed by atoms with E-state index in [-0.39, 0.29) is 0 Å². The van der Waals surface area contributed by atoms with Gasteiger partial charge in [0.1, 0.15) is 11.5 Å². The van der Waals surface area contributed by atoms with Crippen LogP contribution in [-0.2, 0) is 6.42 Å². The first-order chi connectivity index (χ1) is 8.69. The van der Waals surface area contributed by atoms with Gasteiger partial charge in [0.2, 0.25) is 0 Å². The molecule has 2 aromatic carbocycles. The summed E-state index contributed by atoms with van der Waals surface area (Å²) in [5, 5.41) is 0.659. The van der Waals surface area contributed by atoms with Gasteiger partial charge in [0.05, 0.1) is 0 Å². The molecule has 2 aromatic rings. The van der Waals surface area contributed by atoms with Gasteiger partial charge < -0.3 is 10.5 Å². The quantitative estimate of drug-likeness (QED) is 0.904. The van der Waals surface area contributed by atoms with E-state index in [2.05, 4.69) is 15.9 Å². The third kappa shape index (κ3) is 3.48. The highest BCUT2D eigenvalue weighted by Crippen LogP contribution is 2.28. The van der Waals surface area contributed by atoms with Crippen LogP contribution in [0.1, 0.15) is 5.56 Å². The van der Waals surface area contributed by atoms with Crippen molar-refractivity contribution in [2.24, 2.45) is 5.73 Å². The number of rotatable bonds is 4. The van der Waals surface area contributed by atoms with Gasteiger partial charge in [-0.05, 0) is 48.9 Å². The predicted octanol–water partition coefficient (Wildman–Crippen LogP) is 4.40. The second kappa shape index (κ2) is 6.23. The maximum Gasteiger partial charge on any atom is 0.128 e. The largest absolute Gasteiger partial charge is 0.457 e. The molecule has 0 amide bonds. The van der Waals surface area contributed by atoms with Crippen LogP contribution in [0.15, 0.2) is 46.9 Å². The number of benzene rings is 2. The van der Waals surface area contributed by atoms with Gasteiger partial charge in [-0.1, -0.05) is 39.7 Å². The summed E-state index contributed by atoms with van der Waals surface area (Å²) in [6.45, 7) is 0.632. The highest BCUT2D eigenvalue weighted by Gasteiger charge is 2.03. The Kier molecular flexibility index (Phi) is 4.64. The van der Waals surface area contributed by atoms with Crippen molar-refractivity contribution in [2.45, 2.75) is 6.42 Å². The molecule has 0 atom stereocenters. The zero-order chi connectivity index (χ0) is 13.0. The standard InChI is InChI=1S/C14H13BrClNO/c15-14-9-13(5-4-10(14)6-7-17)18-12-3-1-2-11(16)8-12/h1-5,8-9H,6-7,17H2. The molecule has 2 N–H and O–H groups in total. The molecule has 0 heterocycles. The summed E-state index contributed by atoms with van der Waals surface area (Å²) in [5.41, 5.74) is 6.72. The van der Waals surface area contributed by atoms with Crippen LogP contribution in [0.3, 0.4) is 0 Å². The molecule has 0 aliphatic heterocycles. The highest BCUT2D eigenvalue weighted by molar-refractivity contribution is 9.10. The Balaban J connectivity index is 2.17. The highest BCUT2D eigenvalue weighted by atomic mass is 79.9. The zero-order valence-electron chi connectivity index (χ0n) is 9.70. The van der Waals surface area contributed by atoms with Crippen LogP contribution in [0.4, 0.5) is 0 Å². The third-order valence-electron chi connectivity index (χ3n) is 2.47. The summed E-state index contributed by atoms with van der Waals surface area (Å²) in [7, 11) is 0. The lowest BCUT2D eigenvalue weighted by atomic mass is 10.1. The smallest absolute Gasteiger partial charge is 0.128 e. The van der Waals surface area contributed by atoms with E-state index in [9.17, 15) is 0 Å². The summed E-state index contributed by atoms with van der Waals surface area (Å²) in [4.78, 5) is 0. The van der Waals surface area contributed by atoms with Gasteiger partial charge in [-0.25, -0.2) is 0 Å².